The van der Waals surface area contributed by atoms with Crippen molar-refractivity contribution in [2.45, 2.75) is 13.3 Å². The second kappa shape index (κ2) is 6.74. The zero-order valence-corrected chi connectivity index (χ0v) is 12.1. The summed E-state index contributed by atoms with van der Waals surface area (Å²) >= 11 is 1.48. The molecule has 0 aliphatic carbocycles. The summed E-state index contributed by atoms with van der Waals surface area (Å²) in [6.07, 6.45) is 2.43. The molecule has 3 rings (SSSR count). The highest BCUT2D eigenvalue weighted by Gasteiger charge is 2.09. The molecule has 1 N–H and O–H groups in total. The summed E-state index contributed by atoms with van der Waals surface area (Å²) in [5.41, 5.74) is 2.92. The highest BCUT2D eigenvalue weighted by molar-refractivity contribution is 7.12. The minimum absolute atomic E-state index is 0.151. The van der Waals surface area contributed by atoms with E-state index in [-0.39, 0.29) is 11.9 Å². The van der Waals surface area contributed by atoms with Crippen molar-refractivity contribution >= 4 is 34.3 Å². The van der Waals surface area contributed by atoms with Crippen LogP contribution in [0.2, 0.25) is 0 Å². The first kappa shape index (κ1) is 14.8. The molecule has 0 fully saturated rings. The second-order valence-corrected chi connectivity index (χ2v) is 5.34. The number of hydrogen-bond acceptors (Lipinski definition) is 5. The predicted molar refractivity (Wildman–Crippen MR) is 78.2 cm³/mol. The number of H-pyrrole nitrogens is 1. The molecule has 21 heavy (non-hydrogen) atoms. The number of carbonyl (C=O) groups excluding carboxylic acids is 3. The first-order chi connectivity index (χ1) is 10.1. The van der Waals surface area contributed by atoms with Gasteiger partial charge in [-0.25, -0.2) is 4.98 Å². The van der Waals surface area contributed by atoms with Crippen LogP contribution >= 0.6 is 11.3 Å². The molecule has 3 aromatic heterocycles. The van der Waals surface area contributed by atoms with E-state index in [9.17, 15) is 4.79 Å². The van der Waals surface area contributed by atoms with Gasteiger partial charge in [-0.1, -0.05) is 6.07 Å². The van der Waals surface area contributed by atoms with Gasteiger partial charge in [-0.15, -0.1) is 11.3 Å². The SMILES string of the molecule is Cc1cc2cc(CC(=O)c3cccs3)cnc2[nH]1.O=C=O. The van der Waals surface area contributed by atoms with Crippen molar-refractivity contribution in [2.75, 3.05) is 0 Å². The summed E-state index contributed by atoms with van der Waals surface area (Å²) in [4.78, 5) is 36.6. The molecule has 3 heterocycles. The number of aromatic amines is 1. The van der Waals surface area contributed by atoms with Crippen LogP contribution in [0.3, 0.4) is 0 Å². The Balaban J connectivity index is 0.000000497. The lowest BCUT2D eigenvalue weighted by Gasteiger charge is -1.99. The van der Waals surface area contributed by atoms with Crippen molar-refractivity contribution in [3.05, 3.63) is 52.0 Å². The third-order valence-electron chi connectivity index (χ3n) is 2.82. The molecule has 0 spiro atoms. The van der Waals surface area contributed by atoms with Crippen molar-refractivity contribution in [2.24, 2.45) is 0 Å². The number of thiophene rings is 1. The first-order valence-corrected chi connectivity index (χ1v) is 7.02. The number of Topliss-reactive ketones (excluding diaryl/α,β-unsaturated/α-hetero) is 1. The molecular weight excluding hydrogens is 288 g/mol. The number of rotatable bonds is 3. The van der Waals surface area contributed by atoms with Crippen LogP contribution in [0.25, 0.3) is 11.0 Å². The molecule has 0 aliphatic rings. The van der Waals surface area contributed by atoms with Crippen LogP contribution in [0.15, 0.2) is 35.8 Å². The van der Waals surface area contributed by atoms with E-state index in [1.165, 1.54) is 11.3 Å². The smallest absolute Gasteiger partial charge is 0.344 e. The standard InChI is InChI=1S/C14H12N2OS.CO2/c1-9-5-11-6-10(8-15-14(11)16-9)7-12(17)13-3-2-4-18-13;2-1-3/h2-6,8H,7H2,1H3,(H,15,16);. The number of nitrogens with one attached hydrogen (secondary N) is 1. The highest BCUT2D eigenvalue weighted by atomic mass is 32.1. The Morgan fingerprint density at radius 1 is 1.38 bits per heavy atom. The fraction of sp³-hybridized carbons (Fsp3) is 0.133. The van der Waals surface area contributed by atoms with Gasteiger partial charge in [-0.2, -0.15) is 9.59 Å². The van der Waals surface area contributed by atoms with Gasteiger partial charge >= 0.3 is 6.15 Å². The number of carbonyl (C=O) groups is 1. The zero-order valence-electron chi connectivity index (χ0n) is 11.3. The van der Waals surface area contributed by atoms with Crippen molar-refractivity contribution in [1.82, 2.24) is 9.97 Å². The third-order valence-corrected chi connectivity index (χ3v) is 3.73. The average Bonchev–Trinajstić information content (AvgIpc) is 3.07. The number of ketones is 1. The van der Waals surface area contributed by atoms with Gasteiger partial charge < -0.3 is 4.98 Å². The van der Waals surface area contributed by atoms with Crippen molar-refractivity contribution in [3.63, 3.8) is 0 Å². The molecular formula is C15H12N2O3S. The largest absolute Gasteiger partial charge is 0.373 e. The lowest BCUT2D eigenvalue weighted by molar-refractivity contribution is -0.191. The van der Waals surface area contributed by atoms with E-state index < -0.39 is 0 Å². The lowest BCUT2D eigenvalue weighted by atomic mass is 10.1. The van der Waals surface area contributed by atoms with Gasteiger partial charge in [0.1, 0.15) is 5.65 Å². The Labute approximate surface area is 124 Å². The fourth-order valence-electron chi connectivity index (χ4n) is 2.00. The highest BCUT2D eigenvalue weighted by Crippen LogP contribution is 2.17. The summed E-state index contributed by atoms with van der Waals surface area (Å²) in [7, 11) is 0. The van der Waals surface area contributed by atoms with Crippen molar-refractivity contribution < 1.29 is 14.4 Å². The van der Waals surface area contributed by atoms with E-state index >= 15 is 0 Å². The van der Waals surface area contributed by atoms with Crippen molar-refractivity contribution in [3.8, 4) is 0 Å². The molecule has 0 bridgehead atoms. The number of aryl methyl sites for hydroxylation is 1. The number of fused-ring (bicyclic) bond motifs is 1. The van der Waals surface area contributed by atoms with Crippen LogP contribution in [-0.2, 0) is 16.0 Å². The van der Waals surface area contributed by atoms with Crippen LogP contribution in [0, 0.1) is 6.92 Å². The maximum atomic E-state index is 12.0. The van der Waals surface area contributed by atoms with Gasteiger partial charge in [0.25, 0.3) is 0 Å². The third kappa shape index (κ3) is 3.72. The molecule has 0 saturated carbocycles. The van der Waals surface area contributed by atoms with Gasteiger partial charge in [-0.3, -0.25) is 4.79 Å². The van der Waals surface area contributed by atoms with Crippen molar-refractivity contribution in [1.29, 1.82) is 0 Å². The van der Waals surface area contributed by atoms with Gasteiger partial charge in [0, 0.05) is 23.7 Å². The average molecular weight is 300 g/mol. The Morgan fingerprint density at radius 2 is 2.14 bits per heavy atom. The molecule has 0 amide bonds. The summed E-state index contributed by atoms with van der Waals surface area (Å²) in [6, 6.07) is 7.83. The molecule has 6 heteroatoms. The maximum Gasteiger partial charge on any atom is 0.373 e. The number of aromatic nitrogens is 2. The quantitative estimate of drug-likeness (QED) is 0.754. The van der Waals surface area contributed by atoms with Crippen LogP contribution in [0.4, 0.5) is 0 Å². The summed E-state index contributed by atoms with van der Waals surface area (Å²) in [5.74, 6) is 0.151. The predicted octanol–water partition coefficient (Wildman–Crippen LogP) is 2.77. The molecule has 0 radical (unpaired) electrons. The molecule has 0 aromatic carbocycles. The topological polar surface area (TPSA) is 79.9 Å². The first-order valence-electron chi connectivity index (χ1n) is 6.14. The van der Waals surface area contributed by atoms with E-state index in [0.717, 1.165) is 27.2 Å². The lowest BCUT2D eigenvalue weighted by Crippen LogP contribution is -2.01. The second-order valence-electron chi connectivity index (χ2n) is 4.39. The van der Waals surface area contributed by atoms with E-state index in [1.54, 1.807) is 6.20 Å². The van der Waals surface area contributed by atoms with Gasteiger partial charge in [0.15, 0.2) is 5.78 Å². The van der Waals surface area contributed by atoms with Crippen LogP contribution < -0.4 is 0 Å². The Morgan fingerprint density at radius 3 is 2.81 bits per heavy atom. The molecule has 3 aromatic rings. The molecule has 0 atom stereocenters. The van der Waals surface area contributed by atoms with Crippen LogP contribution in [0.5, 0.6) is 0 Å². The number of hydrogen-bond donors (Lipinski definition) is 1. The Bertz CT molecular complexity index is 784. The van der Waals surface area contributed by atoms with E-state index in [4.69, 9.17) is 9.59 Å². The van der Waals surface area contributed by atoms with Crippen LogP contribution in [-0.4, -0.2) is 21.9 Å². The van der Waals surface area contributed by atoms with Gasteiger partial charge in [-0.05, 0) is 36.1 Å². The summed E-state index contributed by atoms with van der Waals surface area (Å²) in [6.45, 7) is 2.00. The maximum absolute atomic E-state index is 12.0. The molecule has 106 valence electrons. The fourth-order valence-corrected chi connectivity index (χ4v) is 2.67. The minimum Gasteiger partial charge on any atom is -0.344 e. The summed E-state index contributed by atoms with van der Waals surface area (Å²) in [5, 5.41) is 2.98. The Kier molecular flexibility index (Phi) is 4.77. The number of nitrogens with zero attached hydrogens (tertiary/aromatic N) is 1. The normalized spacial score (nSPS) is 9.76. The molecule has 5 nitrogen and oxygen atoms in total. The van der Waals surface area contributed by atoms with Crippen LogP contribution in [0.1, 0.15) is 20.9 Å². The molecule has 0 aliphatic heterocycles. The zero-order chi connectivity index (χ0) is 15.2. The van der Waals surface area contributed by atoms with E-state index in [0.29, 0.717) is 6.42 Å². The van der Waals surface area contributed by atoms with E-state index in [1.807, 2.05) is 36.6 Å². The summed E-state index contributed by atoms with van der Waals surface area (Å²) < 4.78 is 0. The van der Waals surface area contributed by atoms with Gasteiger partial charge in [0.2, 0.25) is 0 Å². The van der Waals surface area contributed by atoms with Gasteiger partial charge in [0.05, 0.1) is 4.88 Å². The minimum atomic E-state index is 0.151. The number of pyridine rings is 1. The molecule has 0 unspecified atom stereocenters. The Hall–Kier alpha value is -2.56. The van der Waals surface area contributed by atoms with E-state index in [2.05, 4.69) is 9.97 Å². The monoisotopic (exact) mass is 300 g/mol. The molecule has 0 saturated heterocycles.